The van der Waals surface area contributed by atoms with E-state index < -0.39 is 12.2 Å². The number of methoxy groups -OCH3 is 1. The Morgan fingerprint density at radius 1 is 1.36 bits per heavy atom. The lowest BCUT2D eigenvalue weighted by atomic mass is 9.85. The summed E-state index contributed by atoms with van der Waals surface area (Å²) in [4.78, 5) is 0. The summed E-state index contributed by atoms with van der Waals surface area (Å²) in [7, 11) is 1.55. The zero-order chi connectivity index (χ0) is 10.9. The molecule has 0 radical (unpaired) electrons. The maximum Gasteiger partial charge on any atom is 0.112 e. The molecular formula is C10H20O4. The van der Waals surface area contributed by atoms with Crippen LogP contribution in [0.1, 0.15) is 20.8 Å². The largest absolute Gasteiger partial charge is 0.394 e. The molecule has 0 saturated carbocycles. The Bertz CT molecular complexity index is 187. The summed E-state index contributed by atoms with van der Waals surface area (Å²) in [6.45, 7) is 5.90. The van der Waals surface area contributed by atoms with Crippen molar-refractivity contribution in [1.82, 2.24) is 0 Å². The molecule has 4 unspecified atom stereocenters. The van der Waals surface area contributed by atoms with Crippen molar-refractivity contribution in [3.05, 3.63) is 0 Å². The number of hydrogen-bond acceptors (Lipinski definition) is 4. The van der Waals surface area contributed by atoms with Crippen LogP contribution in [-0.2, 0) is 9.47 Å². The molecule has 0 aliphatic carbocycles. The second-order valence-electron chi connectivity index (χ2n) is 4.83. The smallest absolute Gasteiger partial charge is 0.112 e. The molecule has 84 valence electrons. The Kier molecular flexibility index (Phi) is 3.53. The van der Waals surface area contributed by atoms with E-state index in [0.717, 1.165) is 0 Å². The lowest BCUT2D eigenvalue weighted by Crippen LogP contribution is -2.40. The fourth-order valence-electron chi connectivity index (χ4n) is 1.85. The molecule has 14 heavy (non-hydrogen) atoms. The van der Waals surface area contributed by atoms with E-state index in [2.05, 4.69) is 0 Å². The van der Waals surface area contributed by atoms with Crippen molar-refractivity contribution in [2.75, 3.05) is 13.7 Å². The fourth-order valence-corrected chi connectivity index (χ4v) is 1.85. The van der Waals surface area contributed by atoms with Crippen LogP contribution in [-0.4, -0.2) is 48.3 Å². The van der Waals surface area contributed by atoms with Gasteiger partial charge in [0.2, 0.25) is 0 Å². The molecule has 1 aliphatic heterocycles. The van der Waals surface area contributed by atoms with E-state index in [1.54, 1.807) is 7.11 Å². The predicted molar refractivity (Wildman–Crippen MR) is 52.0 cm³/mol. The first-order valence-corrected chi connectivity index (χ1v) is 4.89. The van der Waals surface area contributed by atoms with Gasteiger partial charge in [-0.2, -0.15) is 0 Å². The molecule has 0 amide bonds. The molecule has 0 aromatic carbocycles. The minimum atomic E-state index is -0.741. The SMILES string of the molecule is COC1C(O)C(CO)OC1C(C)(C)C. The molecule has 4 heteroatoms. The lowest BCUT2D eigenvalue weighted by Gasteiger charge is -2.30. The van der Waals surface area contributed by atoms with E-state index in [9.17, 15) is 5.11 Å². The summed E-state index contributed by atoms with van der Waals surface area (Å²) in [5.41, 5.74) is -0.106. The van der Waals surface area contributed by atoms with Crippen LogP contribution in [0.2, 0.25) is 0 Å². The molecule has 1 heterocycles. The molecule has 2 N–H and O–H groups in total. The maximum atomic E-state index is 9.77. The Morgan fingerprint density at radius 3 is 2.21 bits per heavy atom. The molecular weight excluding hydrogens is 184 g/mol. The molecule has 4 atom stereocenters. The van der Waals surface area contributed by atoms with Gasteiger partial charge >= 0.3 is 0 Å². The van der Waals surface area contributed by atoms with Crippen LogP contribution in [0.15, 0.2) is 0 Å². The summed E-state index contributed by atoms with van der Waals surface area (Å²) in [5, 5.41) is 18.8. The van der Waals surface area contributed by atoms with Gasteiger partial charge in [-0.3, -0.25) is 0 Å². The van der Waals surface area contributed by atoms with Gasteiger partial charge in [0.1, 0.15) is 18.3 Å². The van der Waals surface area contributed by atoms with Gasteiger partial charge in [-0.15, -0.1) is 0 Å². The van der Waals surface area contributed by atoms with Gasteiger partial charge in [0.05, 0.1) is 12.7 Å². The van der Waals surface area contributed by atoms with Crippen molar-refractivity contribution in [2.45, 2.75) is 45.2 Å². The molecule has 0 aromatic rings. The van der Waals surface area contributed by atoms with Gasteiger partial charge in [0, 0.05) is 7.11 Å². The molecule has 1 saturated heterocycles. The van der Waals surface area contributed by atoms with Crippen LogP contribution in [0.5, 0.6) is 0 Å². The van der Waals surface area contributed by atoms with Gasteiger partial charge in [-0.1, -0.05) is 20.8 Å². The Hall–Kier alpha value is -0.160. The highest BCUT2D eigenvalue weighted by Crippen LogP contribution is 2.35. The van der Waals surface area contributed by atoms with Gasteiger partial charge in [0.15, 0.2) is 0 Å². The topological polar surface area (TPSA) is 58.9 Å². The number of ether oxygens (including phenoxy) is 2. The average molecular weight is 204 g/mol. The highest BCUT2D eigenvalue weighted by atomic mass is 16.6. The summed E-state index contributed by atoms with van der Waals surface area (Å²) in [6, 6.07) is 0. The summed E-state index contributed by atoms with van der Waals surface area (Å²) < 4.78 is 10.8. The van der Waals surface area contributed by atoms with E-state index in [-0.39, 0.29) is 24.2 Å². The second kappa shape index (κ2) is 4.14. The van der Waals surface area contributed by atoms with Crippen LogP contribution >= 0.6 is 0 Å². The molecule has 1 rings (SSSR count). The third-order valence-electron chi connectivity index (χ3n) is 2.64. The van der Waals surface area contributed by atoms with E-state index >= 15 is 0 Å². The zero-order valence-electron chi connectivity index (χ0n) is 9.23. The van der Waals surface area contributed by atoms with Crippen LogP contribution in [0.25, 0.3) is 0 Å². The van der Waals surface area contributed by atoms with Crippen LogP contribution in [0, 0.1) is 5.41 Å². The monoisotopic (exact) mass is 204 g/mol. The minimum absolute atomic E-state index is 0.106. The van der Waals surface area contributed by atoms with Crippen LogP contribution in [0.4, 0.5) is 0 Å². The summed E-state index contributed by atoms with van der Waals surface area (Å²) in [5.74, 6) is 0. The van der Waals surface area contributed by atoms with Crippen molar-refractivity contribution in [2.24, 2.45) is 5.41 Å². The first-order valence-electron chi connectivity index (χ1n) is 4.89. The van der Waals surface area contributed by atoms with Crippen molar-refractivity contribution in [1.29, 1.82) is 0 Å². The van der Waals surface area contributed by atoms with Crippen LogP contribution in [0.3, 0.4) is 0 Å². The fraction of sp³-hybridized carbons (Fsp3) is 1.00. The highest BCUT2D eigenvalue weighted by Gasteiger charge is 2.48. The molecule has 1 fully saturated rings. The van der Waals surface area contributed by atoms with Crippen molar-refractivity contribution in [3.8, 4) is 0 Å². The van der Waals surface area contributed by atoms with Crippen molar-refractivity contribution >= 4 is 0 Å². The van der Waals surface area contributed by atoms with Gasteiger partial charge in [0.25, 0.3) is 0 Å². The molecule has 4 nitrogen and oxygen atoms in total. The predicted octanol–water partition coefficient (Wildman–Crippen LogP) is 0.168. The maximum absolute atomic E-state index is 9.77. The summed E-state index contributed by atoms with van der Waals surface area (Å²) >= 11 is 0. The van der Waals surface area contributed by atoms with Crippen molar-refractivity contribution in [3.63, 3.8) is 0 Å². The third-order valence-corrected chi connectivity index (χ3v) is 2.64. The molecule has 0 bridgehead atoms. The third kappa shape index (κ3) is 2.08. The van der Waals surface area contributed by atoms with Gasteiger partial charge in [-0.05, 0) is 5.41 Å². The van der Waals surface area contributed by atoms with Gasteiger partial charge in [-0.25, -0.2) is 0 Å². The normalized spacial score (nSPS) is 39.0. The molecule has 1 aliphatic rings. The minimum Gasteiger partial charge on any atom is -0.394 e. The van der Waals surface area contributed by atoms with E-state index in [1.807, 2.05) is 20.8 Å². The lowest BCUT2D eigenvalue weighted by molar-refractivity contribution is -0.0713. The Morgan fingerprint density at radius 2 is 1.93 bits per heavy atom. The Labute approximate surface area is 84.8 Å². The van der Waals surface area contributed by atoms with E-state index in [0.29, 0.717) is 0 Å². The molecule has 0 aromatic heterocycles. The number of rotatable bonds is 2. The van der Waals surface area contributed by atoms with Crippen LogP contribution < -0.4 is 0 Å². The van der Waals surface area contributed by atoms with Gasteiger partial charge < -0.3 is 19.7 Å². The average Bonchev–Trinajstić information content (AvgIpc) is 2.41. The summed E-state index contributed by atoms with van der Waals surface area (Å²) in [6.07, 6.45) is -1.80. The second-order valence-corrected chi connectivity index (χ2v) is 4.83. The first-order chi connectivity index (χ1) is 6.41. The van der Waals surface area contributed by atoms with E-state index in [4.69, 9.17) is 14.6 Å². The van der Waals surface area contributed by atoms with E-state index in [1.165, 1.54) is 0 Å². The number of aliphatic hydroxyl groups excluding tert-OH is 2. The number of aliphatic hydroxyl groups is 2. The molecule has 0 spiro atoms. The quantitative estimate of drug-likeness (QED) is 0.673. The number of hydrogen-bond donors (Lipinski definition) is 2. The standard InChI is InChI=1S/C10H20O4/c1-10(2,3)9-8(13-4)7(12)6(5-11)14-9/h6-9,11-12H,5H2,1-4H3. The van der Waals surface area contributed by atoms with Crippen molar-refractivity contribution < 1.29 is 19.7 Å². The zero-order valence-corrected chi connectivity index (χ0v) is 9.23. The highest BCUT2D eigenvalue weighted by molar-refractivity contribution is 4.96. The Balaban J connectivity index is 2.78. The first kappa shape index (κ1) is 11.9.